The molecule has 4 rings (SSSR count). The predicted octanol–water partition coefficient (Wildman–Crippen LogP) is 3.81. The lowest BCUT2D eigenvalue weighted by Gasteiger charge is -2.10. The number of carbonyl (C=O) groups is 2. The summed E-state index contributed by atoms with van der Waals surface area (Å²) in [5.41, 5.74) is 9.34. The van der Waals surface area contributed by atoms with Crippen LogP contribution >= 0.6 is 0 Å². The van der Waals surface area contributed by atoms with Crippen LogP contribution in [0.3, 0.4) is 0 Å². The van der Waals surface area contributed by atoms with Crippen molar-refractivity contribution in [3.05, 3.63) is 66.6 Å². The largest absolute Gasteiger partial charge is 0.497 e. The van der Waals surface area contributed by atoms with Crippen molar-refractivity contribution >= 4 is 34.7 Å². The van der Waals surface area contributed by atoms with E-state index in [0.29, 0.717) is 39.3 Å². The summed E-state index contributed by atoms with van der Waals surface area (Å²) >= 11 is 0. The van der Waals surface area contributed by atoms with Gasteiger partial charge in [0, 0.05) is 23.1 Å². The zero-order valence-corrected chi connectivity index (χ0v) is 18.0. The number of rotatable bonds is 6. The Morgan fingerprint density at radius 2 is 1.67 bits per heavy atom. The van der Waals surface area contributed by atoms with E-state index in [1.165, 1.54) is 10.8 Å². The average molecular weight is 446 g/mol. The quantitative estimate of drug-likeness (QED) is 0.384. The van der Waals surface area contributed by atoms with Gasteiger partial charge in [-0.3, -0.25) is 0 Å². The van der Waals surface area contributed by atoms with E-state index in [0.717, 1.165) is 0 Å². The average Bonchev–Trinajstić information content (AvgIpc) is 3.21. The van der Waals surface area contributed by atoms with Gasteiger partial charge in [-0.05, 0) is 48.9 Å². The first kappa shape index (κ1) is 21.6. The Balaban J connectivity index is 1.58. The molecule has 0 unspecified atom stereocenters. The fraction of sp³-hybridized carbons (Fsp3) is 0.130. The zero-order valence-electron chi connectivity index (χ0n) is 18.0. The highest BCUT2D eigenvalue weighted by atomic mass is 16.5. The number of hydrogen-bond acceptors (Lipinski definition) is 7. The second-order valence-electron chi connectivity index (χ2n) is 6.96. The Hall–Kier alpha value is -4.60. The number of benzene rings is 2. The third kappa shape index (κ3) is 4.54. The molecule has 0 aliphatic heterocycles. The number of carbonyl (C=O) groups excluding carboxylic acids is 2. The van der Waals surface area contributed by atoms with Gasteiger partial charge < -0.3 is 25.8 Å². The molecule has 0 aliphatic rings. The molecule has 0 atom stereocenters. The Morgan fingerprint density at radius 3 is 2.27 bits per heavy atom. The van der Waals surface area contributed by atoms with Crippen molar-refractivity contribution in [3.8, 4) is 16.9 Å². The minimum Gasteiger partial charge on any atom is -0.497 e. The summed E-state index contributed by atoms with van der Waals surface area (Å²) in [5, 5.41) is 9.66. The summed E-state index contributed by atoms with van der Waals surface area (Å²) in [6, 6.07) is 13.6. The van der Waals surface area contributed by atoms with Crippen LogP contribution < -0.4 is 21.1 Å². The smallest absolute Gasteiger partial charge is 0.340 e. The fourth-order valence-corrected chi connectivity index (χ4v) is 3.38. The Labute approximate surface area is 189 Å². The van der Waals surface area contributed by atoms with Gasteiger partial charge in [-0.2, -0.15) is 5.10 Å². The predicted molar refractivity (Wildman–Crippen MR) is 124 cm³/mol. The highest BCUT2D eigenvalue weighted by Crippen LogP contribution is 2.33. The molecule has 4 N–H and O–H groups in total. The molecule has 33 heavy (non-hydrogen) atoms. The van der Waals surface area contributed by atoms with E-state index in [4.69, 9.17) is 15.2 Å². The number of methoxy groups -OCH3 is 1. The van der Waals surface area contributed by atoms with E-state index in [9.17, 15) is 9.59 Å². The van der Waals surface area contributed by atoms with E-state index in [1.54, 1.807) is 68.8 Å². The molecule has 168 valence electrons. The number of nitrogens with two attached hydrogens (primary N) is 1. The normalized spacial score (nSPS) is 10.6. The Bertz CT molecular complexity index is 1300. The minimum atomic E-state index is -0.488. The molecule has 0 saturated carbocycles. The second kappa shape index (κ2) is 9.27. The molecule has 0 fully saturated rings. The molecule has 2 amide bonds. The van der Waals surface area contributed by atoms with Crippen LogP contribution in [0, 0.1) is 0 Å². The van der Waals surface area contributed by atoms with E-state index in [-0.39, 0.29) is 12.4 Å². The Morgan fingerprint density at radius 1 is 1.03 bits per heavy atom. The molecule has 0 saturated heterocycles. The van der Waals surface area contributed by atoms with Gasteiger partial charge in [0.1, 0.15) is 17.6 Å². The molecular weight excluding hydrogens is 424 g/mol. The molecular formula is C23H22N6O4. The van der Waals surface area contributed by atoms with Crippen LogP contribution in [0.2, 0.25) is 0 Å². The summed E-state index contributed by atoms with van der Waals surface area (Å²) in [4.78, 5) is 28.9. The van der Waals surface area contributed by atoms with Gasteiger partial charge in [-0.1, -0.05) is 12.1 Å². The maximum absolute atomic E-state index is 12.5. The van der Waals surface area contributed by atoms with Crippen LogP contribution in [-0.2, 0) is 4.74 Å². The molecule has 0 radical (unpaired) electrons. The van der Waals surface area contributed by atoms with Gasteiger partial charge in [0.25, 0.3) is 0 Å². The number of hydrogen-bond donors (Lipinski definition) is 3. The molecule has 2 heterocycles. The standard InChI is InChI=1S/C23H22N6O4/c1-3-33-22(30)18-12-29-20(21(24)25-13-26-29)19(18)14-4-6-15(7-5-14)27-23(31)28-16-8-10-17(32-2)11-9-16/h4-13H,3H2,1-2H3,(H2,24,25,26)(H2,27,28,31). The molecule has 0 aliphatic carbocycles. The first-order valence-electron chi connectivity index (χ1n) is 10.1. The highest BCUT2D eigenvalue weighted by Gasteiger charge is 2.22. The van der Waals surface area contributed by atoms with Gasteiger partial charge in [0.15, 0.2) is 5.82 Å². The van der Waals surface area contributed by atoms with Gasteiger partial charge >= 0.3 is 12.0 Å². The number of nitrogens with one attached hydrogen (secondary N) is 2. The number of nitrogens with zero attached hydrogens (tertiary/aromatic N) is 3. The van der Waals surface area contributed by atoms with E-state index < -0.39 is 12.0 Å². The molecule has 0 spiro atoms. The van der Waals surface area contributed by atoms with Crippen molar-refractivity contribution < 1.29 is 19.1 Å². The summed E-state index contributed by atoms with van der Waals surface area (Å²) in [6.45, 7) is 1.97. The van der Waals surface area contributed by atoms with E-state index >= 15 is 0 Å². The number of ether oxygens (including phenoxy) is 2. The van der Waals surface area contributed by atoms with Crippen molar-refractivity contribution in [1.82, 2.24) is 14.6 Å². The van der Waals surface area contributed by atoms with E-state index in [1.807, 2.05) is 0 Å². The summed E-state index contributed by atoms with van der Waals surface area (Å²) in [7, 11) is 1.58. The van der Waals surface area contributed by atoms with Crippen LogP contribution in [0.15, 0.2) is 61.1 Å². The SMILES string of the molecule is CCOC(=O)c1cn2ncnc(N)c2c1-c1ccc(NC(=O)Nc2ccc(OC)cc2)cc1. The van der Waals surface area contributed by atoms with Gasteiger partial charge in [-0.15, -0.1) is 0 Å². The minimum absolute atomic E-state index is 0.233. The third-order valence-electron chi connectivity index (χ3n) is 4.88. The number of nitrogen functional groups attached to an aromatic ring is 1. The molecule has 2 aromatic heterocycles. The van der Waals surface area contributed by atoms with E-state index in [2.05, 4.69) is 20.7 Å². The lowest BCUT2D eigenvalue weighted by Crippen LogP contribution is -2.19. The fourth-order valence-electron chi connectivity index (χ4n) is 3.38. The molecule has 4 aromatic rings. The van der Waals surface area contributed by atoms with Gasteiger partial charge in [-0.25, -0.2) is 19.1 Å². The summed E-state index contributed by atoms with van der Waals surface area (Å²) in [6.07, 6.45) is 2.88. The third-order valence-corrected chi connectivity index (χ3v) is 4.88. The summed E-state index contributed by atoms with van der Waals surface area (Å²) < 4.78 is 11.8. The zero-order chi connectivity index (χ0) is 23.4. The van der Waals surface area contributed by atoms with Gasteiger partial charge in [0.2, 0.25) is 0 Å². The van der Waals surface area contributed by atoms with Crippen LogP contribution in [0.1, 0.15) is 17.3 Å². The number of aromatic nitrogens is 3. The van der Waals surface area contributed by atoms with Crippen molar-refractivity contribution in [2.24, 2.45) is 0 Å². The highest BCUT2D eigenvalue weighted by molar-refractivity contribution is 6.05. The molecule has 10 heteroatoms. The number of urea groups is 1. The lowest BCUT2D eigenvalue weighted by molar-refractivity contribution is 0.0527. The number of esters is 1. The van der Waals surface area contributed by atoms with Gasteiger partial charge in [0.05, 0.1) is 19.3 Å². The first-order chi connectivity index (χ1) is 16.0. The number of anilines is 3. The molecule has 2 aromatic carbocycles. The van der Waals surface area contributed by atoms with Crippen LogP contribution in [0.25, 0.3) is 16.6 Å². The first-order valence-corrected chi connectivity index (χ1v) is 10.1. The monoisotopic (exact) mass is 446 g/mol. The maximum Gasteiger partial charge on any atom is 0.340 e. The molecule has 0 bridgehead atoms. The van der Waals surface area contributed by atoms with Crippen molar-refractivity contribution in [2.75, 3.05) is 30.1 Å². The van der Waals surface area contributed by atoms with Crippen LogP contribution in [-0.4, -0.2) is 40.3 Å². The number of fused-ring (bicyclic) bond motifs is 1. The van der Waals surface area contributed by atoms with Crippen molar-refractivity contribution in [3.63, 3.8) is 0 Å². The summed E-state index contributed by atoms with van der Waals surface area (Å²) in [5.74, 6) is 0.443. The molecule has 10 nitrogen and oxygen atoms in total. The lowest BCUT2D eigenvalue weighted by atomic mass is 10.0. The Kier molecular flexibility index (Phi) is 6.07. The maximum atomic E-state index is 12.5. The van der Waals surface area contributed by atoms with Crippen LogP contribution in [0.4, 0.5) is 22.0 Å². The topological polar surface area (TPSA) is 133 Å². The van der Waals surface area contributed by atoms with Crippen molar-refractivity contribution in [1.29, 1.82) is 0 Å². The second-order valence-corrected chi connectivity index (χ2v) is 6.96. The van der Waals surface area contributed by atoms with Crippen LogP contribution in [0.5, 0.6) is 5.75 Å². The van der Waals surface area contributed by atoms with Crippen molar-refractivity contribution in [2.45, 2.75) is 6.92 Å². The number of amides is 2.